The Bertz CT molecular complexity index is 155. The smallest absolute Gasteiger partial charge is 0.0223 e. The Balaban J connectivity index is 2.10. The molecule has 0 radical (unpaired) electrons. The predicted molar refractivity (Wildman–Crippen MR) is 73.3 cm³/mol. The summed E-state index contributed by atoms with van der Waals surface area (Å²) < 4.78 is 0. The number of hydrogen-bond donors (Lipinski definition) is 0. The second kappa shape index (κ2) is 9.30. The van der Waals surface area contributed by atoms with Gasteiger partial charge in [-0.3, -0.25) is 0 Å². The van der Waals surface area contributed by atoms with Crippen LogP contribution in [-0.4, -0.2) is 29.9 Å². The second-order valence-electron chi connectivity index (χ2n) is 5.02. The first-order valence-corrected chi connectivity index (χ1v) is 7.72. The van der Waals surface area contributed by atoms with E-state index < -0.39 is 0 Å². The maximum atomic E-state index is 5.68. The first-order chi connectivity index (χ1) is 7.88. The van der Waals surface area contributed by atoms with E-state index in [1.54, 1.807) is 0 Å². The molecule has 1 fully saturated rings. The Morgan fingerprint density at radius 1 is 1.00 bits per heavy atom. The fourth-order valence-corrected chi connectivity index (χ4v) is 3.00. The molecular formula is C14H28ClN. The van der Waals surface area contributed by atoms with Crippen molar-refractivity contribution in [2.24, 2.45) is 0 Å². The van der Waals surface area contributed by atoms with Crippen molar-refractivity contribution in [1.82, 2.24) is 4.90 Å². The molecule has 0 spiro atoms. The van der Waals surface area contributed by atoms with Crippen LogP contribution in [0.15, 0.2) is 0 Å². The lowest BCUT2D eigenvalue weighted by atomic mass is 9.94. The van der Waals surface area contributed by atoms with Gasteiger partial charge in [0.05, 0.1) is 0 Å². The molecule has 1 rings (SSSR count). The summed E-state index contributed by atoms with van der Waals surface area (Å²) in [4.78, 5) is 2.71. The van der Waals surface area contributed by atoms with E-state index in [0.717, 1.165) is 11.9 Å². The third kappa shape index (κ3) is 5.54. The summed E-state index contributed by atoms with van der Waals surface area (Å²) in [6.45, 7) is 4.86. The maximum absolute atomic E-state index is 5.68. The molecule has 0 N–H and O–H groups in total. The predicted octanol–water partition coefficient (Wildman–Crippen LogP) is 4.44. The Labute approximate surface area is 107 Å². The first-order valence-electron chi connectivity index (χ1n) is 7.18. The van der Waals surface area contributed by atoms with E-state index in [1.807, 2.05) is 0 Å². The van der Waals surface area contributed by atoms with Crippen LogP contribution in [0.25, 0.3) is 0 Å². The zero-order valence-corrected chi connectivity index (χ0v) is 11.6. The van der Waals surface area contributed by atoms with Gasteiger partial charge in [-0.1, -0.05) is 39.0 Å². The minimum absolute atomic E-state index is 0.833. The summed E-state index contributed by atoms with van der Waals surface area (Å²) in [5.41, 5.74) is 0. The van der Waals surface area contributed by atoms with Crippen LogP contribution in [0.4, 0.5) is 0 Å². The van der Waals surface area contributed by atoms with Crippen LogP contribution in [0.3, 0.4) is 0 Å². The SMILES string of the molecule is CCN(CCCCCCCl)C1CCCCC1. The molecule has 0 aromatic heterocycles. The van der Waals surface area contributed by atoms with Crippen LogP contribution >= 0.6 is 11.6 Å². The highest BCUT2D eigenvalue weighted by molar-refractivity contribution is 6.17. The highest BCUT2D eigenvalue weighted by Gasteiger charge is 2.18. The van der Waals surface area contributed by atoms with Gasteiger partial charge in [0.2, 0.25) is 0 Å². The highest BCUT2D eigenvalue weighted by atomic mass is 35.5. The standard InChI is InChI=1S/C14H28ClN/c1-2-16(13-9-4-3-8-12-15)14-10-6-5-7-11-14/h14H,2-13H2,1H3. The normalized spacial score (nSPS) is 18.2. The molecule has 0 bridgehead atoms. The van der Waals surface area contributed by atoms with Gasteiger partial charge in [0, 0.05) is 11.9 Å². The molecular weight excluding hydrogens is 218 g/mol. The molecule has 0 heterocycles. The summed E-state index contributed by atoms with van der Waals surface area (Å²) >= 11 is 5.68. The summed E-state index contributed by atoms with van der Waals surface area (Å²) in [5, 5.41) is 0. The molecule has 1 nitrogen and oxygen atoms in total. The Morgan fingerprint density at radius 2 is 1.69 bits per heavy atom. The maximum Gasteiger partial charge on any atom is 0.0223 e. The third-order valence-corrected chi connectivity index (χ3v) is 4.09. The molecule has 0 aromatic carbocycles. The van der Waals surface area contributed by atoms with Gasteiger partial charge in [-0.05, 0) is 38.8 Å². The molecule has 0 amide bonds. The molecule has 0 aliphatic heterocycles. The van der Waals surface area contributed by atoms with E-state index in [1.165, 1.54) is 70.9 Å². The second-order valence-corrected chi connectivity index (χ2v) is 5.40. The number of rotatable bonds is 8. The van der Waals surface area contributed by atoms with E-state index >= 15 is 0 Å². The number of unbranched alkanes of at least 4 members (excludes halogenated alkanes) is 3. The average Bonchev–Trinajstić information content (AvgIpc) is 2.35. The van der Waals surface area contributed by atoms with E-state index in [9.17, 15) is 0 Å². The molecule has 0 aromatic rings. The zero-order valence-electron chi connectivity index (χ0n) is 10.9. The number of nitrogens with zero attached hydrogens (tertiary/aromatic N) is 1. The fraction of sp³-hybridized carbons (Fsp3) is 1.00. The summed E-state index contributed by atoms with van der Waals surface area (Å²) in [7, 11) is 0. The van der Waals surface area contributed by atoms with Gasteiger partial charge in [-0.2, -0.15) is 0 Å². The van der Waals surface area contributed by atoms with Gasteiger partial charge < -0.3 is 4.90 Å². The highest BCUT2D eigenvalue weighted by Crippen LogP contribution is 2.22. The third-order valence-electron chi connectivity index (χ3n) is 3.83. The van der Waals surface area contributed by atoms with Gasteiger partial charge in [-0.25, -0.2) is 0 Å². The van der Waals surface area contributed by atoms with Crippen molar-refractivity contribution >= 4 is 11.6 Å². The van der Waals surface area contributed by atoms with Gasteiger partial charge in [-0.15, -0.1) is 11.6 Å². The van der Waals surface area contributed by atoms with E-state index in [4.69, 9.17) is 11.6 Å². The molecule has 1 saturated carbocycles. The van der Waals surface area contributed by atoms with Crippen LogP contribution in [0.5, 0.6) is 0 Å². The van der Waals surface area contributed by atoms with Crippen LogP contribution < -0.4 is 0 Å². The molecule has 1 aliphatic rings. The van der Waals surface area contributed by atoms with E-state index in [0.29, 0.717) is 0 Å². The minimum atomic E-state index is 0.833. The van der Waals surface area contributed by atoms with Gasteiger partial charge in [0.1, 0.15) is 0 Å². The first kappa shape index (κ1) is 14.3. The average molecular weight is 246 g/mol. The molecule has 96 valence electrons. The van der Waals surface area contributed by atoms with Gasteiger partial charge >= 0.3 is 0 Å². The molecule has 16 heavy (non-hydrogen) atoms. The number of halogens is 1. The lowest BCUT2D eigenvalue weighted by molar-refractivity contribution is 0.160. The molecule has 0 atom stereocenters. The van der Waals surface area contributed by atoms with Gasteiger partial charge in [0.15, 0.2) is 0 Å². The topological polar surface area (TPSA) is 3.24 Å². The van der Waals surface area contributed by atoms with Crippen LogP contribution in [0, 0.1) is 0 Å². The van der Waals surface area contributed by atoms with Crippen molar-refractivity contribution in [2.45, 2.75) is 70.8 Å². The fourth-order valence-electron chi connectivity index (χ4n) is 2.81. The number of alkyl halides is 1. The number of hydrogen-bond acceptors (Lipinski definition) is 1. The monoisotopic (exact) mass is 245 g/mol. The lowest BCUT2D eigenvalue weighted by Crippen LogP contribution is -2.37. The van der Waals surface area contributed by atoms with Crippen molar-refractivity contribution in [3.8, 4) is 0 Å². The largest absolute Gasteiger partial charge is 0.301 e. The van der Waals surface area contributed by atoms with Crippen LogP contribution in [-0.2, 0) is 0 Å². The van der Waals surface area contributed by atoms with Crippen molar-refractivity contribution < 1.29 is 0 Å². The quantitative estimate of drug-likeness (QED) is 0.451. The van der Waals surface area contributed by atoms with Crippen molar-refractivity contribution in [2.75, 3.05) is 19.0 Å². The Morgan fingerprint density at radius 3 is 2.31 bits per heavy atom. The van der Waals surface area contributed by atoms with Crippen LogP contribution in [0.1, 0.15) is 64.7 Å². The van der Waals surface area contributed by atoms with Gasteiger partial charge in [0.25, 0.3) is 0 Å². The molecule has 0 unspecified atom stereocenters. The zero-order chi connectivity index (χ0) is 11.6. The molecule has 1 aliphatic carbocycles. The Hall–Kier alpha value is 0.250. The van der Waals surface area contributed by atoms with Crippen LogP contribution in [0.2, 0.25) is 0 Å². The lowest BCUT2D eigenvalue weighted by Gasteiger charge is -2.33. The van der Waals surface area contributed by atoms with Crippen molar-refractivity contribution in [3.63, 3.8) is 0 Å². The van der Waals surface area contributed by atoms with E-state index in [2.05, 4.69) is 11.8 Å². The Kier molecular flexibility index (Phi) is 8.32. The molecule has 2 heteroatoms. The summed E-state index contributed by atoms with van der Waals surface area (Å²) in [5.74, 6) is 0.833. The summed E-state index contributed by atoms with van der Waals surface area (Å²) in [6, 6.07) is 0.895. The van der Waals surface area contributed by atoms with Crippen molar-refractivity contribution in [3.05, 3.63) is 0 Å². The molecule has 0 saturated heterocycles. The summed E-state index contributed by atoms with van der Waals surface area (Å²) in [6.07, 6.45) is 12.5. The van der Waals surface area contributed by atoms with E-state index in [-0.39, 0.29) is 0 Å². The minimum Gasteiger partial charge on any atom is -0.301 e. The van der Waals surface area contributed by atoms with Crippen molar-refractivity contribution in [1.29, 1.82) is 0 Å².